The molecule has 0 aromatic heterocycles. The smallest absolute Gasteiger partial charge is 0.312 e. The first-order valence-electron chi connectivity index (χ1n) is 5.09. The minimum atomic E-state index is -0.578. The zero-order valence-electron chi connectivity index (χ0n) is 9.30. The van der Waals surface area contributed by atoms with Crippen molar-refractivity contribution >= 4 is 11.9 Å². The summed E-state index contributed by atoms with van der Waals surface area (Å²) in [7, 11) is 0. The van der Waals surface area contributed by atoms with E-state index >= 15 is 0 Å². The molecule has 0 rings (SSSR count). The van der Waals surface area contributed by atoms with Crippen molar-refractivity contribution in [2.75, 3.05) is 19.6 Å². The maximum absolute atomic E-state index is 11.3. The van der Waals surface area contributed by atoms with E-state index in [1.807, 2.05) is 13.8 Å². The topological polar surface area (TPSA) is 96.2 Å². The van der Waals surface area contributed by atoms with Gasteiger partial charge in [-0.2, -0.15) is 0 Å². The van der Waals surface area contributed by atoms with Crippen molar-refractivity contribution in [3.05, 3.63) is 0 Å². The van der Waals surface area contributed by atoms with Crippen LogP contribution in [0, 0.1) is 0 Å². The Morgan fingerprint density at radius 3 is 2.40 bits per heavy atom. The molecule has 0 aromatic rings. The second kappa shape index (κ2) is 8.05. The number of amides is 3. The predicted octanol–water partition coefficient (Wildman–Crippen LogP) is -0.841. The standard InChI is InChI=1S/C9H20N4O2/c1-3-11-7(2)6-8(14)12-4-5-13-9(10)15/h7,11H,3-6H2,1-2H3,(H,12,14)(H3,10,13,15). The summed E-state index contributed by atoms with van der Waals surface area (Å²) in [6.45, 7) is 5.55. The Labute approximate surface area is 90.0 Å². The van der Waals surface area contributed by atoms with Crippen molar-refractivity contribution < 1.29 is 9.59 Å². The summed E-state index contributed by atoms with van der Waals surface area (Å²) < 4.78 is 0. The maximum Gasteiger partial charge on any atom is 0.312 e. The van der Waals surface area contributed by atoms with E-state index in [1.54, 1.807) is 0 Å². The largest absolute Gasteiger partial charge is 0.354 e. The highest BCUT2D eigenvalue weighted by atomic mass is 16.2. The molecule has 5 N–H and O–H groups in total. The SMILES string of the molecule is CCNC(C)CC(=O)NCCNC(N)=O. The molecule has 0 heterocycles. The molecule has 3 amide bonds. The number of primary amides is 1. The van der Waals surface area contributed by atoms with Gasteiger partial charge in [0.1, 0.15) is 0 Å². The predicted molar refractivity (Wildman–Crippen MR) is 58.4 cm³/mol. The molecule has 15 heavy (non-hydrogen) atoms. The van der Waals surface area contributed by atoms with Crippen molar-refractivity contribution in [2.24, 2.45) is 5.73 Å². The Kier molecular flexibility index (Phi) is 7.35. The Balaban J connectivity index is 3.44. The van der Waals surface area contributed by atoms with Crippen LogP contribution in [0.5, 0.6) is 0 Å². The van der Waals surface area contributed by atoms with Gasteiger partial charge in [-0.3, -0.25) is 4.79 Å². The van der Waals surface area contributed by atoms with E-state index in [9.17, 15) is 9.59 Å². The van der Waals surface area contributed by atoms with Crippen LogP contribution in [0.2, 0.25) is 0 Å². The van der Waals surface area contributed by atoms with E-state index in [4.69, 9.17) is 5.73 Å². The van der Waals surface area contributed by atoms with Crippen LogP contribution in [0.15, 0.2) is 0 Å². The van der Waals surface area contributed by atoms with Crippen LogP contribution in [-0.2, 0) is 4.79 Å². The molecule has 0 saturated carbocycles. The van der Waals surface area contributed by atoms with Crippen molar-refractivity contribution in [3.63, 3.8) is 0 Å². The third kappa shape index (κ3) is 9.01. The lowest BCUT2D eigenvalue weighted by Gasteiger charge is -2.11. The number of carbonyl (C=O) groups excluding carboxylic acids is 2. The number of nitrogens with two attached hydrogens (primary N) is 1. The molecule has 0 bridgehead atoms. The molecule has 0 radical (unpaired) electrons. The summed E-state index contributed by atoms with van der Waals surface area (Å²) >= 11 is 0. The zero-order chi connectivity index (χ0) is 11.7. The van der Waals surface area contributed by atoms with Crippen molar-refractivity contribution in [3.8, 4) is 0 Å². The fraction of sp³-hybridized carbons (Fsp3) is 0.778. The van der Waals surface area contributed by atoms with Crippen LogP contribution >= 0.6 is 0 Å². The first-order valence-corrected chi connectivity index (χ1v) is 5.09. The highest BCUT2D eigenvalue weighted by Crippen LogP contribution is 1.88. The van der Waals surface area contributed by atoms with Gasteiger partial charge in [-0.15, -0.1) is 0 Å². The summed E-state index contributed by atoms with van der Waals surface area (Å²) in [5, 5.41) is 8.20. The average molecular weight is 216 g/mol. The molecule has 0 fully saturated rings. The Morgan fingerprint density at radius 1 is 1.27 bits per heavy atom. The van der Waals surface area contributed by atoms with Crippen molar-refractivity contribution in [1.29, 1.82) is 0 Å². The van der Waals surface area contributed by atoms with Gasteiger partial charge in [0.05, 0.1) is 0 Å². The molecule has 1 atom stereocenters. The van der Waals surface area contributed by atoms with E-state index < -0.39 is 6.03 Å². The Morgan fingerprint density at radius 2 is 1.87 bits per heavy atom. The molecule has 0 saturated heterocycles. The van der Waals surface area contributed by atoms with Crippen molar-refractivity contribution in [1.82, 2.24) is 16.0 Å². The van der Waals surface area contributed by atoms with E-state index in [0.29, 0.717) is 19.5 Å². The minimum Gasteiger partial charge on any atom is -0.354 e. The lowest BCUT2D eigenvalue weighted by Crippen LogP contribution is -2.39. The number of urea groups is 1. The minimum absolute atomic E-state index is 0.0327. The first-order chi connectivity index (χ1) is 7.06. The van der Waals surface area contributed by atoms with Gasteiger partial charge in [0.2, 0.25) is 5.91 Å². The third-order valence-corrected chi connectivity index (χ3v) is 1.79. The van der Waals surface area contributed by atoms with Crippen LogP contribution in [0.3, 0.4) is 0 Å². The molecule has 0 aliphatic rings. The first kappa shape index (κ1) is 13.7. The quantitative estimate of drug-likeness (QED) is 0.418. The molecule has 0 aromatic carbocycles. The molecule has 6 nitrogen and oxygen atoms in total. The van der Waals surface area contributed by atoms with E-state index in [-0.39, 0.29) is 11.9 Å². The van der Waals surface area contributed by atoms with E-state index in [1.165, 1.54) is 0 Å². The number of hydrogen-bond acceptors (Lipinski definition) is 3. The molecule has 0 aliphatic carbocycles. The van der Waals surface area contributed by atoms with Gasteiger partial charge in [0, 0.05) is 25.6 Å². The van der Waals surface area contributed by atoms with Crippen LogP contribution in [0.4, 0.5) is 4.79 Å². The van der Waals surface area contributed by atoms with Crippen LogP contribution in [-0.4, -0.2) is 37.6 Å². The molecule has 0 aliphatic heterocycles. The molecule has 0 spiro atoms. The van der Waals surface area contributed by atoms with Gasteiger partial charge < -0.3 is 21.7 Å². The molecule has 1 unspecified atom stereocenters. The normalized spacial score (nSPS) is 11.9. The summed E-state index contributed by atoms with van der Waals surface area (Å²) in [5.74, 6) is -0.0327. The lowest BCUT2D eigenvalue weighted by molar-refractivity contribution is -0.121. The molecular formula is C9H20N4O2. The van der Waals surface area contributed by atoms with Gasteiger partial charge in [-0.1, -0.05) is 6.92 Å². The fourth-order valence-corrected chi connectivity index (χ4v) is 1.16. The van der Waals surface area contributed by atoms with Crippen LogP contribution in [0.25, 0.3) is 0 Å². The van der Waals surface area contributed by atoms with Crippen LogP contribution < -0.4 is 21.7 Å². The Hall–Kier alpha value is -1.30. The van der Waals surface area contributed by atoms with Gasteiger partial charge in [0.15, 0.2) is 0 Å². The zero-order valence-corrected chi connectivity index (χ0v) is 9.30. The summed E-state index contributed by atoms with van der Waals surface area (Å²) in [4.78, 5) is 21.6. The fourth-order valence-electron chi connectivity index (χ4n) is 1.16. The van der Waals surface area contributed by atoms with Crippen molar-refractivity contribution in [2.45, 2.75) is 26.3 Å². The second-order valence-electron chi connectivity index (χ2n) is 3.30. The maximum atomic E-state index is 11.3. The average Bonchev–Trinajstić information content (AvgIpc) is 2.12. The van der Waals surface area contributed by atoms with Crippen LogP contribution in [0.1, 0.15) is 20.3 Å². The Bertz CT molecular complexity index is 208. The highest BCUT2D eigenvalue weighted by Gasteiger charge is 2.06. The van der Waals surface area contributed by atoms with E-state index in [2.05, 4.69) is 16.0 Å². The van der Waals surface area contributed by atoms with Gasteiger partial charge in [0.25, 0.3) is 0 Å². The molecule has 6 heteroatoms. The number of carbonyl (C=O) groups is 2. The third-order valence-electron chi connectivity index (χ3n) is 1.79. The second-order valence-corrected chi connectivity index (χ2v) is 3.30. The number of rotatable bonds is 7. The summed E-state index contributed by atoms with van der Waals surface area (Å²) in [6, 6.07) is -0.413. The molecular weight excluding hydrogens is 196 g/mol. The molecule has 88 valence electrons. The van der Waals surface area contributed by atoms with Gasteiger partial charge in [-0.05, 0) is 13.5 Å². The number of hydrogen-bond donors (Lipinski definition) is 4. The van der Waals surface area contributed by atoms with Gasteiger partial charge in [-0.25, -0.2) is 4.79 Å². The van der Waals surface area contributed by atoms with E-state index in [0.717, 1.165) is 6.54 Å². The summed E-state index contributed by atoms with van der Waals surface area (Å²) in [5.41, 5.74) is 4.86. The lowest BCUT2D eigenvalue weighted by atomic mass is 10.2. The number of nitrogens with one attached hydrogen (secondary N) is 3. The highest BCUT2D eigenvalue weighted by molar-refractivity contribution is 5.76. The van der Waals surface area contributed by atoms with Gasteiger partial charge >= 0.3 is 6.03 Å². The monoisotopic (exact) mass is 216 g/mol. The summed E-state index contributed by atoms with van der Waals surface area (Å²) in [6.07, 6.45) is 0.435.